The SMILES string of the molecule is COc1cc(NC(=O)Cc2c(C)nn(-c3nc(C)cc(C)n3)c2C)cc(OC)c1OC. The number of benzene rings is 1. The molecule has 164 valence electrons. The fourth-order valence-corrected chi connectivity index (χ4v) is 3.45. The third kappa shape index (κ3) is 4.60. The number of hydrogen-bond donors (Lipinski definition) is 1. The van der Waals surface area contributed by atoms with E-state index in [0.29, 0.717) is 28.9 Å². The van der Waals surface area contributed by atoms with Crippen molar-refractivity contribution in [2.24, 2.45) is 0 Å². The minimum absolute atomic E-state index is 0.152. The Balaban J connectivity index is 1.85. The lowest BCUT2D eigenvalue weighted by molar-refractivity contribution is -0.115. The molecule has 2 aromatic heterocycles. The van der Waals surface area contributed by atoms with Gasteiger partial charge in [-0.2, -0.15) is 5.10 Å². The molecule has 0 fully saturated rings. The predicted molar refractivity (Wildman–Crippen MR) is 117 cm³/mol. The summed E-state index contributed by atoms with van der Waals surface area (Å²) in [5.74, 6) is 1.69. The van der Waals surface area contributed by atoms with Gasteiger partial charge in [-0.25, -0.2) is 14.6 Å². The summed E-state index contributed by atoms with van der Waals surface area (Å²) in [6.07, 6.45) is 0.152. The summed E-state index contributed by atoms with van der Waals surface area (Å²) in [4.78, 5) is 21.7. The van der Waals surface area contributed by atoms with Crippen LogP contribution in [0.2, 0.25) is 0 Å². The van der Waals surface area contributed by atoms with E-state index >= 15 is 0 Å². The average molecular weight is 425 g/mol. The number of nitrogens with zero attached hydrogens (tertiary/aromatic N) is 4. The zero-order valence-electron chi connectivity index (χ0n) is 18.9. The standard InChI is InChI=1S/C22H27N5O4/c1-12-8-13(2)24-22(23-12)27-15(4)17(14(3)26-27)11-20(28)25-16-9-18(29-5)21(31-7)19(10-16)30-6/h8-10H,11H2,1-7H3,(H,25,28). The lowest BCUT2D eigenvalue weighted by atomic mass is 10.1. The molecule has 0 aliphatic rings. The number of ether oxygens (including phenoxy) is 3. The maximum Gasteiger partial charge on any atom is 0.251 e. The summed E-state index contributed by atoms with van der Waals surface area (Å²) < 4.78 is 17.7. The molecule has 9 nitrogen and oxygen atoms in total. The van der Waals surface area contributed by atoms with E-state index in [1.807, 2.05) is 33.8 Å². The quantitative estimate of drug-likeness (QED) is 0.621. The number of rotatable bonds is 7. The van der Waals surface area contributed by atoms with Crippen LogP contribution in [0, 0.1) is 27.7 Å². The molecular formula is C22H27N5O4. The predicted octanol–water partition coefficient (Wildman–Crippen LogP) is 3.10. The van der Waals surface area contributed by atoms with E-state index in [4.69, 9.17) is 14.2 Å². The lowest BCUT2D eigenvalue weighted by Crippen LogP contribution is -2.16. The van der Waals surface area contributed by atoms with Crippen molar-refractivity contribution >= 4 is 11.6 Å². The van der Waals surface area contributed by atoms with Crippen molar-refractivity contribution in [2.45, 2.75) is 34.1 Å². The second kappa shape index (κ2) is 9.03. The first kappa shape index (κ1) is 22.1. The fraction of sp³-hybridized carbons (Fsp3) is 0.364. The molecule has 1 amide bonds. The fourth-order valence-electron chi connectivity index (χ4n) is 3.45. The van der Waals surface area contributed by atoms with Gasteiger partial charge >= 0.3 is 0 Å². The number of aryl methyl sites for hydroxylation is 3. The van der Waals surface area contributed by atoms with Gasteiger partial charge in [0.05, 0.1) is 33.4 Å². The minimum Gasteiger partial charge on any atom is -0.493 e. The number of carbonyl (C=O) groups excluding carboxylic acids is 1. The molecule has 31 heavy (non-hydrogen) atoms. The summed E-state index contributed by atoms with van der Waals surface area (Å²) in [6, 6.07) is 5.28. The van der Waals surface area contributed by atoms with Gasteiger partial charge in [-0.3, -0.25) is 4.79 Å². The van der Waals surface area contributed by atoms with Crippen molar-refractivity contribution in [3.63, 3.8) is 0 Å². The summed E-state index contributed by atoms with van der Waals surface area (Å²) in [5.41, 5.74) is 4.66. The average Bonchev–Trinajstić information content (AvgIpc) is 3.00. The molecule has 2 heterocycles. The Kier molecular flexibility index (Phi) is 6.43. The Labute approximate surface area is 181 Å². The van der Waals surface area contributed by atoms with Gasteiger partial charge in [-0.05, 0) is 33.8 Å². The molecule has 0 saturated heterocycles. The molecule has 3 rings (SSSR count). The molecular weight excluding hydrogens is 398 g/mol. The molecule has 9 heteroatoms. The third-order valence-corrected chi connectivity index (χ3v) is 4.89. The molecule has 1 N–H and O–H groups in total. The van der Waals surface area contributed by atoms with Crippen molar-refractivity contribution in [1.82, 2.24) is 19.7 Å². The third-order valence-electron chi connectivity index (χ3n) is 4.89. The van der Waals surface area contributed by atoms with Crippen LogP contribution in [0.15, 0.2) is 18.2 Å². The number of aromatic nitrogens is 4. The maximum atomic E-state index is 12.8. The summed E-state index contributed by atoms with van der Waals surface area (Å²) in [6.45, 7) is 7.60. The van der Waals surface area contributed by atoms with Gasteiger partial charge in [0, 0.05) is 40.5 Å². The van der Waals surface area contributed by atoms with Gasteiger partial charge in [-0.1, -0.05) is 0 Å². The van der Waals surface area contributed by atoms with Crippen LogP contribution in [-0.2, 0) is 11.2 Å². The van der Waals surface area contributed by atoms with Gasteiger partial charge in [0.25, 0.3) is 5.95 Å². The van der Waals surface area contributed by atoms with Crippen molar-refractivity contribution in [3.05, 3.63) is 46.5 Å². The van der Waals surface area contributed by atoms with Crippen LogP contribution in [0.5, 0.6) is 17.2 Å². The Hall–Kier alpha value is -3.62. The summed E-state index contributed by atoms with van der Waals surface area (Å²) in [5, 5.41) is 7.45. The Morgan fingerprint density at radius 1 is 0.935 bits per heavy atom. The molecule has 0 spiro atoms. The Morgan fingerprint density at radius 3 is 2.03 bits per heavy atom. The summed E-state index contributed by atoms with van der Waals surface area (Å²) >= 11 is 0. The van der Waals surface area contributed by atoms with Crippen molar-refractivity contribution in [3.8, 4) is 23.2 Å². The Morgan fingerprint density at radius 2 is 1.52 bits per heavy atom. The van der Waals surface area contributed by atoms with Gasteiger partial charge in [0.1, 0.15) is 0 Å². The second-order valence-corrected chi connectivity index (χ2v) is 7.15. The highest BCUT2D eigenvalue weighted by atomic mass is 16.5. The smallest absolute Gasteiger partial charge is 0.251 e. The van der Waals surface area contributed by atoms with Gasteiger partial charge < -0.3 is 19.5 Å². The molecule has 1 aromatic carbocycles. The van der Waals surface area contributed by atoms with E-state index in [1.165, 1.54) is 21.3 Å². The first-order valence-corrected chi connectivity index (χ1v) is 9.75. The number of hydrogen-bond acceptors (Lipinski definition) is 7. The van der Waals surface area contributed by atoms with Crippen molar-refractivity contribution < 1.29 is 19.0 Å². The van der Waals surface area contributed by atoms with Crippen LogP contribution < -0.4 is 19.5 Å². The van der Waals surface area contributed by atoms with Crippen LogP contribution >= 0.6 is 0 Å². The van der Waals surface area contributed by atoms with Crippen LogP contribution in [0.3, 0.4) is 0 Å². The first-order chi connectivity index (χ1) is 14.8. The first-order valence-electron chi connectivity index (χ1n) is 9.75. The molecule has 0 atom stereocenters. The molecule has 0 aliphatic heterocycles. The van der Waals surface area contributed by atoms with E-state index in [-0.39, 0.29) is 12.3 Å². The topological polar surface area (TPSA) is 100 Å². The second-order valence-electron chi connectivity index (χ2n) is 7.15. The Bertz CT molecular complexity index is 1080. The monoisotopic (exact) mass is 425 g/mol. The molecule has 3 aromatic rings. The molecule has 0 saturated carbocycles. The molecule has 0 unspecified atom stereocenters. The van der Waals surface area contributed by atoms with Crippen molar-refractivity contribution in [1.29, 1.82) is 0 Å². The maximum absolute atomic E-state index is 12.8. The number of anilines is 1. The highest BCUT2D eigenvalue weighted by Gasteiger charge is 2.19. The molecule has 0 bridgehead atoms. The zero-order chi connectivity index (χ0) is 22.7. The van der Waals surface area contributed by atoms with Crippen LogP contribution in [0.4, 0.5) is 5.69 Å². The van der Waals surface area contributed by atoms with Crippen LogP contribution in [-0.4, -0.2) is 47.0 Å². The van der Waals surface area contributed by atoms with Gasteiger partial charge in [0.15, 0.2) is 11.5 Å². The van der Waals surface area contributed by atoms with E-state index in [0.717, 1.165) is 28.3 Å². The van der Waals surface area contributed by atoms with Crippen LogP contribution in [0.25, 0.3) is 5.95 Å². The van der Waals surface area contributed by atoms with Crippen LogP contribution in [0.1, 0.15) is 28.3 Å². The summed E-state index contributed by atoms with van der Waals surface area (Å²) in [7, 11) is 4.58. The number of nitrogens with one attached hydrogen (secondary N) is 1. The highest BCUT2D eigenvalue weighted by molar-refractivity contribution is 5.93. The van der Waals surface area contributed by atoms with Crippen molar-refractivity contribution in [2.75, 3.05) is 26.6 Å². The number of amides is 1. The molecule has 0 radical (unpaired) electrons. The van der Waals surface area contributed by atoms with Gasteiger partial charge in [-0.15, -0.1) is 0 Å². The van der Waals surface area contributed by atoms with Gasteiger partial charge in [0.2, 0.25) is 11.7 Å². The molecule has 0 aliphatic carbocycles. The normalized spacial score (nSPS) is 10.7. The number of carbonyl (C=O) groups is 1. The zero-order valence-corrected chi connectivity index (χ0v) is 18.9. The number of methoxy groups -OCH3 is 3. The van der Waals surface area contributed by atoms with E-state index in [9.17, 15) is 4.79 Å². The van der Waals surface area contributed by atoms with E-state index < -0.39 is 0 Å². The highest BCUT2D eigenvalue weighted by Crippen LogP contribution is 2.40. The van der Waals surface area contributed by atoms with E-state index in [1.54, 1.807) is 16.8 Å². The van der Waals surface area contributed by atoms with E-state index in [2.05, 4.69) is 20.4 Å². The lowest BCUT2D eigenvalue weighted by Gasteiger charge is -2.14. The largest absolute Gasteiger partial charge is 0.493 e. The minimum atomic E-state index is -0.193.